The number of para-hydroxylation sites is 2. The first kappa shape index (κ1) is 12.9. The molecule has 0 aliphatic carbocycles. The Morgan fingerprint density at radius 2 is 2.22 bits per heavy atom. The van der Waals surface area contributed by atoms with Gasteiger partial charge in [-0.2, -0.15) is 0 Å². The van der Waals surface area contributed by atoms with Gasteiger partial charge < -0.3 is 10.3 Å². The van der Waals surface area contributed by atoms with Crippen molar-refractivity contribution in [2.75, 3.05) is 11.9 Å². The van der Waals surface area contributed by atoms with Crippen molar-refractivity contribution in [3.05, 3.63) is 24.3 Å². The molecular weight excluding hydrogens is 252 g/mol. The van der Waals surface area contributed by atoms with E-state index in [4.69, 9.17) is 0 Å². The summed E-state index contributed by atoms with van der Waals surface area (Å²) in [4.78, 5) is 19.2. The molecule has 1 aromatic carbocycles. The third-order valence-electron chi connectivity index (χ3n) is 3.01. The summed E-state index contributed by atoms with van der Waals surface area (Å²) in [6.07, 6.45) is 1.95. The Hall–Kier alpha value is -1.59. The van der Waals surface area contributed by atoms with Gasteiger partial charge in [0.2, 0.25) is 11.9 Å². The highest BCUT2D eigenvalue weighted by Gasteiger charge is 2.22. The third-order valence-corrected chi connectivity index (χ3v) is 3.01. The van der Waals surface area contributed by atoms with E-state index in [-0.39, 0.29) is 24.4 Å². The van der Waals surface area contributed by atoms with Gasteiger partial charge in [0.1, 0.15) is 0 Å². The smallest absolute Gasteiger partial charge is 0.243 e. The number of hydrogen-bond donors (Lipinski definition) is 3. The molecule has 0 radical (unpaired) electrons. The number of nitrogens with zero attached hydrogens (tertiary/aromatic N) is 1. The Kier molecular flexibility index (Phi) is 3.84. The van der Waals surface area contributed by atoms with Crippen molar-refractivity contribution in [3.63, 3.8) is 0 Å². The molecule has 1 aliphatic heterocycles. The number of hydrogen-bond acceptors (Lipinski definition) is 3. The topological polar surface area (TPSA) is 69.8 Å². The van der Waals surface area contributed by atoms with Crippen LogP contribution in [0.1, 0.15) is 12.8 Å². The van der Waals surface area contributed by atoms with Crippen molar-refractivity contribution in [1.82, 2.24) is 15.3 Å². The Balaban J connectivity index is 0.00000120. The molecule has 18 heavy (non-hydrogen) atoms. The van der Waals surface area contributed by atoms with E-state index in [1.165, 1.54) is 0 Å². The van der Waals surface area contributed by atoms with Crippen molar-refractivity contribution in [2.45, 2.75) is 18.9 Å². The molecule has 3 rings (SSSR count). The normalized spacial score (nSPS) is 18.6. The van der Waals surface area contributed by atoms with Crippen LogP contribution < -0.4 is 10.6 Å². The van der Waals surface area contributed by atoms with Crippen LogP contribution in [0.3, 0.4) is 0 Å². The fraction of sp³-hybridized carbons (Fsp3) is 0.333. The molecule has 6 heteroatoms. The second kappa shape index (κ2) is 5.37. The Labute approximate surface area is 111 Å². The second-order valence-corrected chi connectivity index (χ2v) is 4.24. The molecule has 96 valence electrons. The SMILES string of the molecule is Cl.O=C(Nc1nc2ccccc2[nH]1)C1CCCN1. The highest BCUT2D eigenvalue weighted by Crippen LogP contribution is 2.14. The van der Waals surface area contributed by atoms with Gasteiger partial charge in [0.05, 0.1) is 17.1 Å². The quantitative estimate of drug-likeness (QED) is 0.775. The summed E-state index contributed by atoms with van der Waals surface area (Å²) in [7, 11) is 0. The molecule has 1 fully saturated rings. The number of amides is 1. The molecule has 1 aromatic heterocycles. The van der Waals surface area contributed by atoms with Crippen LogP contribution in [0.2, 0.25) is 0 Å². The number of fused-ring (bicyclic) bond motifs is 1. The van der Waals surface area contributed by atoms with E-state index in [0.29, 0.717) is 5.95 Å². The number of aromatic nitrogens is 2. The molecule has 1 atom stereocenters. The largest absolute Gasteiger partial charge is 0.324 e. The zero-order chi connectivity index (χ0) is 11.7. The molecule has 2 aromatic rings. The van der Waals surface area contributed by atoms with Gasteiger partial charge in [-0.05, 0) is 31.5 Å². The summed E-state index contributed by atoms with van der Waals surface area (Å²) in [6.45, 7) is 0.915. The van der Waals surface area contributed by atoms with Crippen LogP contribution in [0.25, 0.3) is 11.0 Å². The maximum atomic E-state index is 11.9. The second-order valence-electron chi connectivity index (χ2n) is 4.24. The monoisotopic (exact) mass is 266 g/mol. The molecule has 3 N–H and O–H groups in total. The molecule has 2 heterocycles. The Bertz CT molecular complexity index is 515. The van der Waals surface area contributed by atoms with Crippen molar-refractivity contribution in [3.8, 4) is 0 Å². The van der Waals surface area contributed by atoms with E-state index in [1.807, 2.05) is 24.3 Å². The van der Waals surface area contributed by atoms with Gasteiger partial charge >= 0.3 is 0 Å². The maximum absolute atomic E-state index is 11.9. The van der Waals surface area contributed by atoms with Crippen molar-refractivity contribution >= 4 is 35.3 Å². The molecular formula is C12H15ClN4O. The van der Waals surface area contributed by atoms with Gasteiger partial charge in [-0.25, -0.2) is 4.98 Å². The number of carbonyl (C=O) groups excluding carboxylic acids is 1. The predicted octanol–water partition coefficient (Wildman–Crippen LogP) is 1.68. The van der Waals surface area contributed by atoms with Gasteiger partial charge in [0.25, 0.3) is 0 Å². The number of carbonyl (C=O) groups is 1. The zero-order valence-electron chi connectivity index (χ0n) is 9.77. The molecule has 5 nitrogen and oxygen atoms in total. The number of H-pyrrole nitrogens is 1. The standard InChI is InChI=1S/C12H14N4O.ClH/c17-11(10-6-3-7-13-10)16-12-14-8-4-1-2-5-9(8)15-12;/h1-2,4-5,10,13H,3,6-7H2,(H2,14,15,16,17);1H. The van der Waals surface area contributed by atoms with Gasteiger partial charge in [-0.15, -0.1) is 12.4 Å². The number of anilines is 1. The minimum absolute atomic E-state index is 0. The van der Waals surface area contributed by atoms with Crippen LogP contribution >= 0.6 is 12.4 Å². The maximum Gasteiger partial charge on any atom is 0.243 e. The number of imidazole rings is 1. The highest BCUT2D eigenvalue weighted by molar-refractivity contribution is 5.94. The molecule has 1 saturated heterocycles. The number of halogens is 1. The first-order valence-corrected chi connectivity index (χ1v) is 5.82. The lowest BCUT2D eigenvalue weighted by molar-refractivity contribution is -0.117. The van der Waals surface area contributed by atoms with E-state index in [0.717, 1.165) is 30.4 Å². The lowest BCUT2D eigenvalue weighted by Gasteiger charge is -2.08. The average Bonchev–Trinajstić information content (AvgIpc) is 2.97. The molecule has 1 unspecified atom stereocenters. The Morgan fingerprint density at radius 1 is 1.39 bits per heavy atom. The van der Waals surface area contributed by atoms with Crippen LogP contribution in [-0.2, 0) is 4.79 Å². The van der Waals surface area contributed by atoms with E-state index in [2.05, 4.69) is 20.6 Å². The van der Waals surface area contributed by atoms with Crippen molar-refractivity contribution < 1.29 is 4.79 Å². The highest BCUT2D eigenvalue weighted by atomic mass is 35.5. The van der Waals surface area contributed by atoms with Crippen LogP contribution in [0, 0.1) is 0 Å². The minimum Gasteiger partial charge on any atom is -0.324 e. The fourth-order valence-corrected chi connectivity index (χ4v) is 2.12. The molecule has 1 aliphatic rings. The van der Waals surface area contributed by atoms with E-state index >= 15 is 0 Å². The van der Waals surface area contributed by atoms with E-state index < -0.39 is 0 Å². The van der Waals surface area contributed by atoms with Crippen molar-refractivity contribution in [2.24, 2.45) is 0 Å². The summed E-state index contributed by atoms with van der Waals surface area (Å²) in [5.74, 6) is 0.506. The van der Waals surface area contributed by atoms with Crippen molar-refractivity contribution in [1.29, 1.82) is 0 Å². The van der Waals surface area contributed by atoms with Crippen LogP contribution in [0.5, 0.6) is 0 Å². The zero-order valence-corrected chi connectivity index (χ0v) is 10.6. The van der Waals surface area contributed by atoms with Crippen LogP contribution in [0.4, 0.5) is 5.95 Å². The number of rotatable bonds is 2. The minimum atomic E-state index is -0.0804. The summed E-state index contributed by atoms with van der Waals surface area (Å²) < 4.78 is 0. The number of nitrogens with one attached hydrogen (secondary N) is 3. The summed E-state index contributed by atoms with van der Waals surface area (Å²) in [5, 5.41) is 5.96. The van der Waals surface area contributed by atoms with Gasteiger partial charge in [0, 0.05) is 0 Å². The average molecular weight is 267 g/mol. The van der Waals surface area contributed by atoms with Crippen LogP contribution in [0.15, 0.2) is 24.3 Å². The Morgan fingerprint density at radius 3 is 2.94 bits per heavy atom. The summed E-state index contributed by atoms with van der Waals surface area (Å²) >= 11 is 0. The van der Waals surface area contributed by atoms with E-state index in [1.54, 1.807) is 0 Å². The number of benzene rings is 1. The van der Waals surface area contributed by atoms with Crippen LogP contribution in [-0.4, -0.2) is 28.5 Å². The van der Waals surface area contributed by atoms with Gasteiger partial charge in [0.15, 0.2) is 0 Å². The first-order chi connectivity index (χ1) is 8.33. The van der Waals surface area contributed by atoms with Gasteiger partial charge in [-0.1, -0.05) is 12.1 Å². The summed E-state index contributed by atoms with van der Waals surface area (Å²) in [6, 6.07) is 7.63. The lowest BCUT2D eigenvalue weighted by atomic mass is 10.2. The molecule has 0 saturated carbocycles. The fourth-order valence-electron chi connectivity index (χ4n) is 2.12. The predicted molar refractivity (Wildman–Crippen MR) is 73.0 cm³/mol. The first-order valence-electron chi connectivity index (χ1n) is 5.82. The van der Waals surface area contributed by atoms with Gasteiger partial charge in [-0.3, -0.25) is 10.1 Å². The lowest BCUT2D eigenvalue weighted by Crippen LogP contribution is -2.35. The molecule has 0 spiro atoms. The van der Waals surface area contributed by atoms with E-state index in [9.17, 15) is 4.79 Å². The molecule has 0 bridgehead atoms. The molecule has 1 amide bonds. The number of aromatic amines is 1. The third kappa shape index (κ3) is 2.47. The summed E-state index contributed by atoms with van der Waals surface area (Å²) in [5.41, 5.74) is 1.80.